The summed E-state index contributed by atoms with van der Waals surface area (Å²) < 4.78 is 5.03. The van der Waals surface area contributed by atoms with Crippen LogP contribution in [-0.4, -0.2) is 35.1 Å². The molecule has 96 valence electrons. The van der Waals surface area contributed by atoms with E-state index < -0.39 is 0 Å². The molecule has 1 saturated heterocycles. The van der Waals surface area contributed by atoms with Gasteiger partial charge in [0.25, 0.3) is 0 Å². The van der Waals surface area contributed by atoms with Crippen molar-refractivity contribution in [3.63, 3.8) is 0 Å². The Morgan fingerprint density at radius 3 is 2.76 bits per heavy atom. The molecule has 0 spiro atoms. The number of hydrogen-bond donors (Lipinski definition) is 1. The van der Waals surface area contributed by atoms with E-state index in [0.717, 1.165) is 30.0 Å². The van der Waals surface area contributed by atoms with Crippen LogP contribution in [-0.2, 0) is 11.2 Å². The van der Waals surface area contributed by atoms with Crippen molar-refractivity contribution in [1.82, 2.24) is 10.1 Å². The summed E-state index contributed by atoms with van der Waals surface area (Å²) in [5.74, 6) is 0.844. The second-order valence-corrected chi connectivity index (χ2v) is 4.37. The van der Waals surface area contributed by atoms with Crippen molar-refractivity contribution in [2.24, 2.45) is 5.73 Å². The van der Waals surface area contributed by atoms with Crippen LogP contribution in [0, 0.1) is 13.8 Å². The lowest BCUT2D eigenvalue weighted by atomic mass is 10.1. The summed E-state index contributed by atoms with van der Waals surface area (Å²) in [6, 6.07) is 0.133. The van der Waals surface area contributed by atoms with E-state index in [4.69, 9.17) is 10.3 Å². The Hall–Kier alpha value is -1.07. The standard InChI is InChI=1S/C11H17N3O2.ClH/c1-7-10(8(2)16-13-7)5-11(15)14-4-3-9(12)6-14;/h9H,3-6,12H2,1-2H3;1H. The number of hydrogen-bond acceptors (Lipinski definition) is 4. The van der Waals surface area contributed by atoms with Crippen LogP contribution in [0.1, 0.15) is 23.4 Å². The number of carbonyl (C=O) groups is 1. The zero-order valence-corrected chi connectivity index (χ0v) is 10.9. The Labute approximate surface area is 107 Å². The lowest BCUT2D eigenvalue weighted by molar-refractivity contribution is -0.129. The van der Waals surface area contributed by atoms with Gasteiger partial charge < -0.3 is 15.2 Å². The number of rotatable bonds is 2. The van der Waals surface area contributed by atoms with E-state index in [2.05, 4.69) is 5.16 Å². The van der Waals surface area contributed by atoms with E-state index in [1.807, 2.05) is 18.7 Å². The van der Waals surface area contributed by atoms with Gasteiger partial charge in [0.15, 0.2) is 0 Å². The maximum Gasteiger partial charge on any atom is 0.227 e. The number of likely N-dealkylation sites (tertiary alicyclic amines) is 1. The molecule has 2 rings (SSSR count). The first-order chi connectivity index (χ1) is 7.58. The molecule has 0 radical (unpaired) electrons. The third kappa shape index (κ3) is 2.98. The van der Waals surface area contributed by atoms with Gasteiger partial charge in [-0.1, -0.05) is 5.16 Å². The molecule has 17 heavy (non-hydrogen) atoms. The first-order valence-electron chi connectivity index (χ1n) is 5.53. The van der Waals surface area contributed by atoms with Crippen LogP contribution in [0.3, 0.4) is 0 Å². The van der Waals surface area contributed by atoms with E-state index in [0.29, 0.717) is 13.0 Å². The summed E-state index contributed by atoms with van der Waals surface area (Å²) in [7, 11) is 0. The van der Waals surface area contributed by atoms with Gasteiger partial charge in [-0.2, -0.15) is 0 Å². The molecule has 0 aliphatic carbocycles. The van der Waals surface area contributed by atoms with Gasteiger partial charge >= 0.3 is 0 Å². The van der Waals surface area contributed by atoms with Crippen molar-refractivity contribution >= 4 is 18.3 Å². The minimum absolute atomic E-state index is 0. The quantitative estimate of drug-likeness (QED) is 0.853. The summed E-state index contributed by atoms with van der Waals surface area (Å²) >= 11 is 0. The van der Waals surface area contributed by atoms with Gasteiger partial charge in [0, 0.05) is 24.7 Å². The molecule has 1 aliphatic rings. The van der Waals surface area contributed by atoms with Crippen molar-refractivity contribution in [2.75, 3.05) is 13.1 Å². The number of nitrogens with zero attached hydrogens (tertiary/aromatic N) is 2. The third-order valence-electron chi connectivity index (χ3n) is 3.09. The van der Waals surface area contributed by atoms with Gasteiger partial charge in [0.1, 0.15) is 5.76 Å². The Morgan fingerprint density at radius 1 is 1.59 bits per heavy atom. The Balaban J connectivity index is 0.00000144. The fourth-order valence-electron chi connectivity index (χ4n) is 2.03. The molecule has 5 nitrogen and oxygen atoms in total. The number of halogens is 1. The van der Waals surface area contributed by atoms with Gasteiger partial charge in [0.05, 0.1) is 12.1 Å². The molecular formula is C11H18ClN3O2. The zero-order chi connectivity index (χ0) is 11.7. The zero-order valence-electron chi connectivity index (χ0n) is 10.1. The molecule has 6 heteroatoms. The maximum absolute atomic E-state index is 12.0. The number of nitrogens with two attached hydrogens (primary N) is 1. The summed E-state index contributed by atoms with van der Waals surface area (Å²) in [6.07, 6.45) is 1.27. The Kier molecular flexibility index (Phi) is 4.54. The van der Waals surface area contributed by atoms with Crippen molar-refractivity contribution in [2.45, 2.75) is 32.7 Å². The monoisotopic (exact) mass is 259 g/mol. The molecule has 2 heterocycles. The van der Waals surface area contributed by atoms with E-state index in [9.17, 15) is 4.79 Å². The maximum atomic E-state index is 12.0. The SMILES string of the molecule is Cc1noc(C)c1CC(=O)N1CCC(N)C1.Cl. The molecule has 0 bridgehead atoms. The number of carbonyl (C=O) groups excluding carboxylic acids is 1. The Bertz CT molecular complexity index is 386. The van der Waals surface area contributed by atoms with Gasteiger partial charge in [-0.3, -0.25) is 4.79 Å². The predicted molar refractivity (Wildman–Crippen MR) is 66.1 cm³/mol. The predicted octanol–water partition coefficient (Wildman–Crippen LogP) is 0.815. The van der Waals surface area contributed by atoms with Crippen LogP contribution in [0.15, 0.2) is 4.52 Å². The molecule has 1 aromatic heterocycles. The fraction of sp³-hybridized carbons (Fsp3) is 0.636. The van der Waals surface area contributed by atoms with Crippen molar-refractivity contribution in [1.29, 1.82) is 0 Å². The highest BCUT2D eigenvalue weighted by molar-refractivity contribution is 5.85. The first-order valence-corrected chi connectivity index (χ1v) is 5.53. The summed E-state index contributed by atoms with van der Waals surface area (Å²) in [6.45, 7) is 5.12. The van der Waals surface area contributed by atoms with E-state index in [1.54, 1.807) is 0 Å². The van der Waals surface area contributed by atoms with Crippen molar-refractivity contribution < 1.29 is 9.32 Å². The molecule has 1 atom stereocenters. The smallest absolute Gasteiger partial charge is 0.227 e. The van der Waals surface area contributed by atoms with Crippen molar-refractivity contribution in [3.05, 3.63) is 17.0 Å². The minimum atomic E-state index is 0. The largest absolute Gasteiger partial charge is 0.361 e. The Morgan fingerprint density at radius 2 is 2.29 bits per heavy atom. The van der Waals surface area contributed by atoms with Crippen LogP contribution >= 0.6 is 12.4 Å². The number of aromatic nitrogens is 1. The van der Waals surface area contributed by atoms with Crippen LogP contribution in [0.25, 0.3) is 0 Å². The summed E-state index contributed by atoms with van der Waals surface area (Å²) in [4.78, 5) is 13.8. The minimum Gasteiger partial charge on any atom is -0.361 e. The average Bonchev–Trinajstić information content (AvgIpc) is 2.79. The second-order valence-electron chi connectivity index (χ2n) is 4.37. The molecule has 0 saturated carbocycles. The number of amides is 1. The fourth-order valence-corrected chi connectivity index (χ4v) is 2.03. The highest BCUT2D eigenvalue weighted by atomic mass is 35.5. The van der Waals surface area contributed by atoms with Gasteiger partial charge in [-0.05, 0) is 20.3 Å². The molecule has 2 N–H and O–H groups in total. The van der Waals surface area contributed by atoms with Gasteiger partial charge in [-0.15, -0.1) is 12.4 Å². The topological polar surface area (TPSA) is 72.4 Å². The molecule has 1 aromatic rings. The molecule has 1 amide bonds. The van der Waals surface area contributed by atoms with Crippen LogP contribution < -0.4 is 5.73 Å². The highest BCUT2D eigenvalue weighted by Gasteiger charge is 2.25. The van der Waals surface area contributed by atoms with Crippen molar-refractivity contribution in [3.8, 4) is 0 Å². The molecule has 1 unspecified atom stereocenters. The summed E-state index contributed by atoms with van der Waals surface area (Å²) in [5.41, 5.74) is 7.48. The van der Waals surface area contributed by atoms with Gasteiger partial charge in [-0.25, -0.2) is 0 Å². The van der Waals surface area contributed by atoms with Crippen LogP contribution in [0.5, 0.6) is 0 Å². The molecular weight excluding hydrogens is 242 g/mol. The second kappa shape index (κ2) is 5.51. The van der Waals surface area contributed by atoms with E-state index in [-0.39, 0.29) is 24.4 Å². The van der Waals surface area contributed by atoms with E-state index >= 15 is 0 Å². The summed E-state index contributed by atoms with van der Waals surface area (Å²) in [5, 5.41) is 3.84. The highest BCUT2D eigenvalue weighted by Crippen LogP contribution is 2.16. The lowest BCUT2D eigenvalue weighted by Gasteiger charge is -2.15. The number of aryl methyl sites for hydroxylation is 2. The van der Waals surface area contributed by atoms with Gasteiger partial charge in [0.2, 0.25) is 5.91 Å². The van der Waals surface area contributed by atoms with Crippen LogP contribution in [0.2, 0.25) is 0 Å². The normalized spacial score (nSPS) is 19.2. The average molecular weight is 260 g/mol. The lowest BCUT2D eigenvalue weighted by Crippen LogP contribution is -2.33. The van der Waals surface area contributed by atoms with E-state index in [1.165, 1.54) is 0 Å². The third-order valence-corrected chi connectivity index (χ3v) is 3.09. The first kappa shape index (κ1) is 14.0. The van der Waals surface area contributed by atoms with Crippen LogP contribution in [0.4, 0.5) is 0 Å². The molecule has 1 aliphatic heterocycles. The molecule has 0 aromatic carbocycles. The molecule has 1 fully saturated rings.